The van der Waals surface area contributed by atoms with E-state index in [1.165, 1.54) is 71.6 Å². The highest BCUT2D eigenvalue weighted by molar-refractivity contribution is 4.84. The molecule has 2 saturated heterocycles. The second-order valence-corrected chi connectivity index (χ2v) is 7.40. The molecule has 0 amide bonds. The van der Waals surface area contributed by atoms with Crippen molar-refractivity contribution in [3.63, 3.8) is 0 Å². The first-order valence-corrected chi connectivity index (χ1v) is 8.91. The Morgan fingerprint density at radius 1 is 0.952 bits per heavy atom. The topological polar surface area (TPSA) is 13.0 Å². The van der Waals surface area contributed by atoms with Gasteiger partial charge in [0.25, 0.3) is 0 Å². The fraction of sp³-hybridized carbons (Fsp3) is 1.00. The summed E-state index contributed by atoms with van der Waals surface area (Å²) in [5.74, 6) is 0. The van der Waals surface area contributed by atoms with Gasteiger partial charge in [-0.1, -0.05) is 0 Å². The maximum Gasteiger partial charge on any atom is 0.0121 e. The highest BCUT2D eigenvalue weighted by atomic mass is 15.3. The van der Waals surface area contributed by atoms with Gasteiger partial charge in [0.15, 0.2) is 0 Å². The molecule has 0 unspecified atom stereocenters. The lowest BCUT2D eigenvalue weighted by Gasteiger charge is -2.43. The van der Waals surface area contributed by atoms with Gasteiger partial charge in [0.05, 0.1) is 0 Å². The molecule has 0 atom stereocenters. The van der Waals surface area contributed by atoms with E-state index in [4.69, 9.17) is 0 Å². The SMILES string of the molecule is CC(C)N1CCC(N2CCN(CCCN(C)C)CC2)CC1. The summed E-state index contributed by atoms with van der Waals surface area (Å²) >= 11 is 0. The lowest BCUT2D eigenvalue weighted by atomic mass is 10.0. The van der Waals surface area contributed by atoms with Crippen molar-refractivity contribution >= 4 is 0 Å². The van der Waals surface area contributed by atoms with E-state index < -0.39 is 0 Å². The second kappa shape index (κ2) is 8.47. The van der Waals surface area contributed by atoms with Crippen LogP contribution in [0.4, 0.5) is 0 Å². The average molecular weight is 297 g/mol. The second-order valence-electron chi connectivity index (χ2n) is 7.40. The third-order valence-electron chi connectivity index (χ3n) is 5.23. The molecule has 2 rings (SSSR count). The molecule has 0 aromatic heterocycles. The molecule has 124 valence electrons. The van der Waals surface area contributed by atoms with E-state index in [-0.39, 0.29) is 0 Å². The van der Waals surface area contributed by atoms with E-state index in [1.807, 2.05) is 0 Å². The number of piperazine rings is 1. The quantitative estimate of drug-likeness (QED) is 0.735. The highest BCUT2D eigenvalue weighted by Gasteiger charge is 2.27. The Balaban J connectivity index is 1.63. The van der Waals surface area contributed by atoms with Crippen molar-refractivity contribution in [2.24, 2.45) is 0 Å². The fourth-order valence-electron chi connectivity index (χ4n) is 3.73. The third-order valence-corrected chi connectivity index (χ3v) is 5.23. The number of piperidine rings is 1. The largest absolute Gasteiger partial charge is 0.309 e. The van der Waals surface area contributed by atoms with Crippen LogP contribution in [0.15, 0.2) is 0 Å². The molecule has 2 heterocycles. The third kappa shape index (κ3) is 5.51. The van der Waals surface area contributed by atoms with E-state index in [2.05, 4.69) is 47.5 Å². The van der Waals surface area contributed by atoms with Crippen LogP contribution in [0.25, 0.3) is 0 Å². The molecular formula is C17H36N4. The Morgan fingerprint density at radius 2 is 1.57 bits per heavy atom. The molecule has 4 nitrogen and oxygen atoms in total. The van der Waals surface area contributed by atoms with Crippen molar-refractivity contribution in [1.29, 1.82) is 0 Å². The summed E-state index contributed by atoms with van der Waals surface area (Å²) in [6.45, 7) is 14.9. The van der Waals surface area contributed by atoms with Gasteiger partial charge in [0, 0.05) is 38.3 Å². The molecule has 2 aliphatic heterocycles. The Bertz CT molecular complexity index is 277. The van der Waals surface area contributed by atoms with Crippen molar-refractivity contribution < 1.29 is 0 Å². The zero-order valence-corrected chi connectivity index (χ0v) is 14.7. The maximum absolute atomic E-state index is 2.76. The zero-order chi connectivity index (χ0) is 15.2. The summed E-state index contributed by atoms with van der Waals surface area (Å²) in [5, 5.41) is 0. The van der Waals surface area contributed by atoms with Crippen LogP contribution in [-0.4, -0.2) is 98.1 Å². The van der Waals surface area contributed by atoms with Gasteiger partial charge >= 0.3 is 0 Å². The van der Waals surface area contributed by atoms with Crippen molar-refractivity contribution in [2.45, 2.75) is 45.2 Å². The van der Waals surface area contributed by atoms with E-state index in [0.717, 1.165) is 12.1 Å². The van der Waals surface area contributed by atoms with Gasteiger partial charge in [-0.3, -0.25) is 4.90 Å². The molecule has 0 saturated carbocycles. The molecule has 0 bridgehead atoms. The van der Waals surface area contributed by atoms with Gasteiger partial charge in [-0.2, -0.15) is 0 Å². The first kappa shape index (κ1) is 17.2. The van der Waals surface area contributed by atoms with Gasteiger partial charge in [-0.15, -0.1) is 0 Å². The van der Waals surface area contributed by atoms with E-state index >= 15 is 0 Å². The van der Waals surface area contributed by atoms with Gasteiger partial charge in [-0.25, -0.2) is 0 Å². The van der Waals surface area contributed by atoms with Gasteiger partial charge < -0.3 is 14.7 Å². The van der Waals surface area contributed by atoms with E-state index in [9.17, 15) is 0 Å². The Labute approximate surface area is 132 Å². The first-order valence-electron chi connectivity index (χ1n) is 8.91. The number of hydrogen-bond acceptors (Lipinski definition) is 4. The molecule has 21 heavy (non-hydrogen) atoms. The lowest BCUT2D eigenvalue weighted by molar-refractivity contribution is 0.0511. The van der Waals surface area contributed by atoms with Gasteiger partial charge in [0.1, 0.15) is 0 Å². The molecule has 0 aromatic rings. The summed E-state index contributed by atoms with van der Waals surface area (Å²) in [6.07, 6.45) is 4.05. The number of hydrogen-bond donors (Lipinski definition) is 0. The van der Waals surface area contributed by atoms with Crippen molar-refractivity contribution in [3.05, 3.63) is 0 Å². The summed E-state index contributed by atoms with van der Waals surface area (Å²) in [4.78, 5) is 10.3. The summed E-state index contributed by atoms with van der Waals surface area (Å²) in [7, 11) is 4.34. The number of rotatable bonds is 6. The fourth-order valence-corrected chi connectivity index (χ4v) is 3.73. The zero-order valence-electron chi connectivity index (χ0n) is 14.7. The molecule has 0 aliphatic carbocycles. The molecule has 0 N–H and O–H groups in total. The first-order chi connectivity index (χ1) is 10.1. The Morgan fingerprint density at radius 3 is 2.10 bits per heavy atom. The maximum atomic E-state index is 2.76. The summed E-state index contributed by atoms with van der Waals surface area (Å²) in [6, 6.07) is 1.57. The van der Waals surface area contributed by atoms with Crippen LogP contribution in [0.5, 0.6) is 0 Å². The van der Waals surface area contributed by atoms with Crippen LogP contribution in [-0.2, 0) is 0 Å². The van der Waals surface area contributed by atoms with Crippen LogP contribution in [0.2, 0.25) is 0 Å². The number of likely N-dealkylation sites (tertiary alicyclic amines) is 1. The van der Waals surface area contributed by atoms with Crippen LogP contribution < -0.4 is 0 Å². The summed E-state index contributed by atoms with van der Waals surface area (Å²) < 4.78 is 0. The number of nitrogens with zero attached hydrogens (tertiary/aromatic N) is 4. The van der Waals surface area contributed by atoms with Gasteiger partial charge in [0.2, 0.25) is 0 Å². The minimum Gasteiger partial charge on any atom is -0.309 e. The van der Waals surface area contributed by atoms with Crippen molar-refractivity contribution in [1.82, 2.24) is 19.6 Å². The van der Waals surface area contributed by atoms with Crippen molar-refractivity contribution in [3.8, 4) is 0 Å². The van der Waals surface area contributed by atoms with Crippen molar-refractivity contribution in [2.75, 3.05) is 66.5 Å². The standard InChI is InChI=1S/C17H36N4/c1-16(2)20-10-6-17(7-11-20)21-14-12-19(13-15-21)9-5-8-18(3)4/h16-17H,5-15H2,1-4H3. The Hall–Kier alpha value is -0.160. The smallest absolute Gasteiger partial charge is 0.0121 e. The minimum atomic E-state index is 0.722. The molecule has 0 aromatic carbocycles. The summed E-state index contributed by atoms with van der Waals surface area (Å²) in [5.41, 5.74) is 0. The molecule has 2 fully saturated rings. The van der Waals surface area contributed by atoms with E-state index in [1.54, 1.807) is 0 Å². The molecule has 4 heteroatoms. The molecular weight excluding hydrogens is 260 g/mol. The predicted octanol–water partition coefficient (Wildman–Crippen LogP) is 1.43. The van der Waals surface area contributed by atoms with Crippen LogP contribution >= 0.6 is 0 Å². The van der Waals surface area contributed by atoms with Crippen LogP contribution in [0.1, 0.15) is 33.1 Å². The molecule has 0 radical (unpaired) electrons. The normalized spacial score (nSPS) is 24.3. The van der Waals surface area contributed by atoms with Crippen LogP contribution in [0, 0.1) is 0 Å². The van der Waals surface area contributed by atoms with Gasteiger partial charge in [-0.05, 0) is 73.4 Å². The lowest BCUT2D eigenvalue weighted by Crippen LogP contribution is -2.53. The Kier molecular flexibility index (Phi) is 6.93. The average Bonchev–Trinajstić information content (AvgIpc) is 2.48. The monoisotopic (exact) mass is 296 g/mol. The van der Waals surface area contributed by atoms with Crippen LogP contribution in [0.3, 0.4) is 0 Å². The highest BCUT2D eigenvalue weighted by Crippen LogP contribution is 2.19. The molecule has 0 spiro atoms. The van der Waals surface area contributed by atoms with E-state index in [0.29, 0.717) is 0 Å². The minimum absolute atomic E-state index is 0.722. The predicted molar refractivity (Wildman–Crippen MR) is 90.9 cm³/mol. The molecule has 2 aliphatic rings.